The number of nitrogens with zero attached hydrogens (tertiary/aromatic N) is 1. The number of Topliss-reactive ketones (excluding diaryl/α,β-unsaturated/α-hetero) is 1. The Morgan fingerprint density at radius 2 is 1.66 bits per heavy atom. The second-order valence-corrected chi connectivity index (χ2v) is 8.75. The first-order valence-corrected chi connectivity index (χ1v) is 11.7. The molecule has 3 rings (SSSR count). The van der Waals surface area contributed by atoms with E-state index in [9.17, 15) is 27.9 Å². The van der Waals surface area contributed by atoms with E-state index >= 15 is 0 Å². The van der Waals surface area contributed by atoms with Crippen molar-refractivity contribution < 1.29 is 32.6 Å². The van der Waals surface area contributed by atoms with Crippen molar-refractivity contribution in [3.05, 3.63) is 65.2 Å². The summed E-state index contributed by atoms with van der Waals surface area (Å²) in [5.41, 5.74) is 0.0446. The van der Waals surface area contributed by atoms with E-state index in [1.807, 2.05) is 0 Å². The number of ketones is 1. The molecule has 1 saturated heterocycles. The summed E-state index contributed by atoms with van der Waals surface area (Å²) in [7, 11) is 1.54. The lowest BCUT2D eigenvalue weighted by atomic mass is 9.99. The van der Waals surface area contributed by atoms with Gasteiger partial charge in [-0.15, -0.1) is 0 Å². The highest BCUT2D eigenvalue weighted by Crippen LogP contribution is 2.30. The van der Waals surface area contributed by atoms with Crippen LogP contribution < -0.4 is 10.1 Å². The number of aliphatic hydroxyl groups excluding tert-OH is 1. The number of amides is 1. The predicted molar refractivity (Wildman–Crippen MR) is 125 cm³/mol. The van der Waals surface area contributed by atoms with E-state index in [2.05, 4.69) is 10.2 Å². The van der Waals surface area contributed by atoms with E-state index in [1.54, 1.807) is 31.4 Å². The molecule has 0 aromatic heterocycles. The number of methoxy groups -OCH3 is 1. The maximum Gasteiger partial charge on any atom is 0.416 e. The van der Waals surface area contributed by atoms with Gasteiger partial charge in [0.2, 0.25) is 5.91 Å². The van der Waals surface area contributed by atoms with E-state index < -0.39 is 23.9 Å². The average Bonchev–Trinajstić information content (AvgIpc) is 3.36. The van der Waals surface area contributed by atoms with Crippen LogP contribution in [-0.4, -0.2) is 54.5 Å². The average molecular weight is 493 g/mol. The molecule has 2 N–H and O–H groups in total. The van der Waals surface area contributed by atoms with Crippen LogP contribution in [-0.2, 0) is 11.0 Å². The molecule has 1 heterocycles. The third kappa shape index (κ3) is 7.80. The van der Waals surface area contributed by atoms with Crippen LogP contribution in [0.3, 0.4) is 0 Å². The number of carbonyl (C=O) groups is 2. The number of carbonyl (C=O) groups excluding carboxylic acids is 2. The highest BCUT2D eigenvalue weighted by atomic mass is 19.4. The van der Waals surface area contributed by atoms with Crippen LogP contribution in [0.1, 0.15) is 59.7 Å². The summed E-state index contributed by atoms with van der Waals surface area (Å²) in [6.45, 7) is 2.06. The van der Waals surface area contributed by atoms with Gasteiger partial charge in [0.1, 0.15) is 11.9 Å². The zero-order valence-electron chi connectivity index (χ0n) is 19.7. The van der Waals surface area contributed by atoms with E-state index in [1.165, 1.54) is 12.1 Å². The first-order valence-electron chi connectivity index (χ1n) is 11.7. The predicted octanol–water partition coefficient (Wildman–Crippen LogP) is 4.38. The molecule has 1 fully saturated rings. The zero-order chi connectivity index (χ0) is 25.4. The van der Waals surface area contributed by atoms with Crippen molar-refractivity contribution in [2.75, 3.05) is 26.7 Å². The van der Waals surface area contributed by atoms with Gasteiger partial charge in [0, 0.05) is 24.9 Å². The summed E-state index contributed by atoms with van der Waals surface area (Å²) in [5, 5.41) is 13.7. The number of halogens is 3. The Hall–Kier alpha value is -2.91. The maximum absolute atomic E-state index is 12.9. The van der Waals surface area contributed by atoms with Gasteiger partial charge < -0.3 is 20.1 Å². The van der Waals surface area contributed by atoms with Crippen LogP contribution in [0.4, 0.5) is 13.2 Å². The zero-order valence-corrected chi connectivity index (χ0v) is 19.7. The molecule has 2 aromatic carbocycles. The molecule has 1 aliphatic rings. The molecule has 1 amide bonds. The van der Waals surface area contributed by atoms with Crippen LogP contribution in [0, 0.1) is 0 Å². The highest BCUT2D eigenvalue weighted by molar-refractivity contribution is 5.96. The largest absolute Gasteiger partial charge is 0.497 e. The Morgan fingerprint density at radius 1 is 1.03 bits per heavy atom. The molecule has 0 radical (unpaired) electrons. The molecule has 0 aliphatic carbocycles. The Balaban J connectivity index is 1.58. The SMILES string of the molecule is COc1ccc(C(=O)CCCC(=O)N[C@H](CN2CCCC2)[C@H](O)c2ccc(C(F)(F)F)cc2)cc1. The third-order valence-corrected chi connectivity index (χ3v) is 6.18. The normalized spacial score (nSPS) is 16.0. The molecular weight excluding hydrogens is 461 g/mol. The van der Waals surface area contributed by atoms with Gasteiger partial charge >= 0.3 is 6.18 Å². The lowest BCUT2D eigenvalue weighted by molar-refractivity contribution is -0.137. The van der Waals surface area contributed by atoms with Gasteiger partial charge in [-0.3, -0.25) is 9.59 Å². The molecule has 2 aromatic rings. The Kier molecular flexibility index (Phi) is 9.28. The van der Waals surface area contributed by atoms with Gasteiger partial charge in [0.25, 0.3) is 0 Å². The van der Waals surface area contributed by atoms with Gasteiger partial charge in [-0.1, -0.05) is 12.1 Å². The van der Waals surface area contributed by atoms with Crippen LogP contribution in [0.5, 0.6) is 5.75 Å². The summed E-state index contributed by atoms with van der Waals surface area (Å²) in [4.78, 5) is 27.1. The fourth-order valence-corrected chi connectivity index (χ4v) is 4.18. The van der Waals surface area contributed by atoms with Gasteiger partial charge in [-0.05, 0) is 74.3 Å². The minimum atomic E-state index is -4.46. The third-order valence-electron chi connectivity index (χ3n) is 6.18. The number of nitrogens with one attached hydrogen (secondary N) is 1. The molecule has 0 unspecified atom stereocenters. The van der Waals surface area contributed by atoms with Crippen LogP contribution in [0.25, 0.3) is 0 Å². The molecule has 2 atom stereocenters. The van der Waals surface area contributed by atoms with Crippen molar-refractivity contribution in [2.45, 2.75) is 50.4 Å². The number of rotatable bonds is 11. The van der Waals surface area contributed by atoms with Crippen LogP contribution in [0.15, 0.2) is 48.5 Å². The van der Waals surface area contributed by atoms with E-state index in [0.29, 0.717) is 29.8 Å². The lowest BCUT2D eigenvalue weighted by Crippen LogP contribution is -2.46. The molecule has 9 heteroatoms. The molecule has 6 nitrogen and oxygen atoms in total. The van der Waals surface area contributed by atoms with E-state index in [4.69, 9.17) is 4.74 Å². The molecule has 0 saturated carbocycles. The van der Waals surface area contributed by atoms with Crippen molar-refractivity contribution in [2.24, 2.45) is 0 Å². The molecule has 190 valence electrons. The van der Waals surface area contributed by atoms with E-state index in [0.717, 1.165) is 38.1 Å². The van der Waals surface area contributed by atoms with Crippen LogP contribution in [0.2, 0.25) is 0 Å². The Morgan fingerprint density at radius 3 is 2.23 bits per heavy atom. The standard InChI is InChI=1S/C26H31F3N2O4/c1-35-21-13-9-18(10-14-21)23(32)5-4-6-24(33)30-22(17-31-15-2-3-16-31)25(34)19-7-11-20(12-8-19)26(27,28)29/h7-14,22,25,34H,2-6,15-17H2,1H3,(H,30,33)/t22-,25-/m1/s1. The summed E-state index contributed by atoms with van der Waals surface area (Å²) in [6.07, 6.45) is -2.97. The lowest BCUT2D eigenvalue weighted by Gasteiger charge is -2.29. The summed E-state index contributed by atoms with van der Waals surface area (Å²) < 4.78 is 43.7. The molecule has 0 bridgehead atoms. The van der Waals surface area contributed by atoms with Gasteiger partial charge in [-0.2, -0.15) is 13.2 Å². The fourth-order valence-electron chi connectivity index (χ4n) is 4.18. The maximum atomic E-state index is 12.9. The van der Waals surface area contributed by atoms with Crippen molar-refractivity contribution in [1.82, 2.24) is 10.2 Å². The van der Waals surface area contributed by atoms with Gasteiger partial charge in [0.15, 0.2) is 5.78 Å². The number of hydrogen-bond acceptors (Lipinski definition) is 5. The molecular formula is C26H31F3N2O4. The van der Waals surface area contributed by atoms with E-state index in [-0.39, 0.29) is 24.5 Å². The summed E-state index contributed by atoms with van der Waals surface area (Å²) in [6, 6.07) is 10.4. The van der Waals surface area contributed by atoms with Crippen molar-refractivity contribution in [3.8, 4) is 5.75 Å². The number of ether oxygens (including phenoxy) is 1. The smallest absolute Gasteiger partial charge is 0.416 e. The minimum Gasteiger partial charge on any atom is -0.497 e. The second kappa shape index (κ2) is 12.2. The first-order chi connectivity index (χ1) is 16.7. The van der Waals surface area contributed by atoms with Crippen LogP contribution >= 0.6 is 0 Å². The molecule has 0 spiro atoms. The molecule has 1 aliphatic heterocycles. The Bertz CT molecular complexity index is 972. The van der Waals surface area contributed by atoms with Crippen molar-refractivity contribution in [1.29, 1.82) is 0 Å². The number of alkyl halides is 3. The number of benzene rings is 2. The summed E-state index contributed by atoms with van der Waals surface area (Å²) in [5.74, 6) is 0.248. The first kappa shape index (κ1) is 26.7. The number of aliphatic hydroxyl groups is 1. The van der Waals surface area contributed by atoms with Crippen molar-refractivity contribution in [3.63, 3.8) is 0 Å². The number of likely N-dealkylation sites (tertiary alicyclic amines) is 1. The van der Waals surface area contributed by atoms with Crippen molar-refractivity contribution >= 4 is 11.7 Å². The second-order valence-electron chi connectivity index (χ2n) is 8.75. The quantitative estimate of drug-likeness (QED) is 0.455. The summed E-state index contributed by atoms with van der Waals surface area (Å²) >= 11 is 0. The topological polar surface area (TPSA) is 78.9 Å². The molecule has 35 heavy (non-hydrogen) atoms. The highest BCUT2D eigenvalue weighted by Gasteiger charge is 2.31. The van der Waals surface area contributed by atoms with Gasteiger partial charge in [-0.25, -0.2) is 0 Å². The monoisotopic (exact) mass is 492 g/mol. The fraction of sp³-hybridized carbons (Fsp3) is 0.462. The minimum absolute atomic E-state index is 0.0844. The Labute approximate surface area is 203 Å². The van der Waals surface area contributed by atoms with Gasteiger partial charge in [0.05, 0.1) is 18.7 Å². The number of hydrogen-bond donors (Lipinski definition) is 2.